The van der Waals surface area contributed by atoms with Gasteiger partial charge in [-0.15, -0.1) is 0 Å². The maximum atomic E-state index is 10.9. The van der Waals surface area contributed by atoms with Crippen molar-refractivity contribution in [3.63, 3.8) is 0 Å². The van der Waals surface area contributed by atoms with Gasteiger partial charge in [-0.3, -0.25) is 4.48 Å². The topological polar surface area (TPSA) is 87.0 Å². The molecule has 0 aliphatic carbocycles. The van der Waals surface area contributed by atoms with Gasteiger partial charge in [0.25, 0.3) is 0 Å². The number of rotatable bonds is 12. The van der Waals surface area contributed by atoms with Gasteiger partial charge in [0.1, 0.15) is 6.54 Å². The van der Waals surface area contributed by atoms with Crippen LogP contribution in [0, 0.1) is 0 Å². The van der Waals surface area contributed by atoms with Crippen LogP contribution in [0.4, 0.5) is 0 Å². The number of likely N-dealkylation sites (N-methyl/N-ethyl adjacent to an activating group) is 2. The highest BCUT2D eigenvalue weighted by Gasteiger charge is 2.35. The van der Waals surface area contributed by atoms with Crippen LogP contribution in [-0.2, 0) is 9.59 Å². The highest BCUT2D eigenvalue weighted by molar-refractivity contribution is 5.79. The first-order chi connectivity index (χ1) is 12.5. The summed E-state index contributed by atoms with van der Waals surface area (Å²) in [5, 5.41) is 17.2. The average Bonchev–Trinajstić information content (AvgIpc) is 2.84. The monoisotopic (exact) mass is 387 g/mol. The Morgan fingerprint density at radius 3 is 2.00 bits per heavy atom. The molecule has 0 radical (unpaired) electrons. The fraction of sp³-hybridized carbons (Fsp3) is 0.850. The van der Waals surface area contributed by atoms with E-state index < -0.39 is 11.9 Å². The molecule has 0 aromatic carbocycles. The van der Waals surface area contributed by atoms with Crippen molar-refractivity contribution in [2.45, 2.75) is 58.3 Å². The van der Waals surface area contributed by atoms with E-state index in [1.54, 1.807) is 0 Å². The van der Waals surface area contributed by atoms with Gasteiger partial charge in [-0.05, 0) is 6.42 Å². The second-order valence-corrected chi connectivity index (χ2v) is 8.68. The summed E-state index contributed by atoms with van der Waals surface area (Å²) in [6.07, 6.45) is 10.00. The Labute approximate surface area is 164 Å². The van der Waals surface area contributed by atoms with Gasteiger partial charge < -0.3 is 14.7 Å². The SMILES string of the molecule is CCCCCCCCCC1=NCC[N+]1(C)CC(=O)O.C[N+](C)(C)CC(=O)O. The quantitative estimate of drug-likeness (QED) is 0.398. The van der Waals surface area contributed by atoms with Crippen molar-refractivity contribution < 1.29 is 28.8 Å². The summed E-state index contributed by atoms with van der Waals surface area (Å²) in [6.45, 7) is 4.22. The van der Waals surface area contributed by atoms with Crippen molar-refractivity contribution >= 4 is 17.8 Å². The van der Waals surface area contributed by atoms with E-state index in [2.05, 4.69) is 11.9 Å². The van der Waals surface area contributed by atoms with Crippen LogP contribution in [0.1, 0.15) is 58.3 Å². The molecule has 27 heavy (non-hydrogen) atoms. The number of aliphatic imine (C=N–C) groups is 1. The molecule has 1 aliphatic rings. The second-order valence-electron chi connectivity index (χ2n) is 8.68. The number of hydrogen-bond donors (Lipinski definition) is 2. The van der Waals surface area contributed by atoms with Gasteiger partial charge in [0.05, 0.1) is 34.7 Å². The van der Waals surface area contributed by atoms with Crippen molar-refractivity contribution in [3.05, 3.63) is 0 Å². The summed E-state index contributed by atoms with van der Waals surface area (Å²) in [6, 6.07) is 0. The number of amidine groups is 1. The first kappa shape index (κ1) is 25.5. The lowest BCUT2D eigenvalue weighted by molar-refractivity contribution is -0.862. The fourth-order valence-corrected chi connectivity index (χ4v) is 3.16. The number of carbonyl (C=O) groups is 2. The van der Waals surface area contributed by atoms with E-state index in [9.17, 15) is 9.59 Å². The largest absolute Gasteiger partial charge is 0.477 e. The Morgan fingerprint density at radius 1 is 1.00 bits per heavy atom. The highest BCUT2D eigenvalue weighted by Crippen LogP contribution is 2.17. The van der Waals surface area contributed by atoms with E-state index in [1.807, 2.05) is 28.2 Å². The molecule has 0 fully saturated rings. The van der Waals surface area contributed by atoms with Crippen molar-refractivity contribution in [1.29, 1.82) is 0 Å². The van der Waals surface area contributed by atoms with Crippen molar-refractivity contribution in [2.75, 3.05) is 54.4 Å². The number of nitrogens with zero attached hydrogens (tertiary/aromatic N) is 3. The molecule has 2 N–H and O–H groups in total. The van der Waals surface area contributed by atoms with Crippen LogP contribution in [0.2, 0.25) is 0 Å². The Kier molecular flexibility index (Phi) is 12.1. The predicted octanol–water partition coefficient (Wildman–Crippen LogP) is 2.85. The summed E-state index contributed by atoms with van der Waals surface area (Å²) >= 11 is 0. The lowest BCUT2D eigenvalue weighted by Crippen LogP contribution is -2.50. The normalized spacial score (nSPS) is 19.2. The van der Waals surface area contributed by atoms with Gasteiger partial charge in [-0.1, -0.05) is 45.4 Å². The Balaban J connectivity index is 0.000000713. The molecule has 0 spiro atoms. The van der Waals surface area contributed by atoms with Crippen LogP contribution in [0.5, 0.6) is 0 Å². The molecule has 0 saturated heterocycles. The van der Waals surface area contributed by atoms with Crippen LogP contribution in [-0.4, -0.2) is 91.3 Å². The zero-order valence-corrected chi connectivity index (χ0v) is 18.0. The molecule has 1 heterocycles. The molecule has 0 aromatic rings. The summed E-state index contributed by atoms with van der Waals surface area (Å²) in [5.74, 6) is -0.384. The smallest absolute Gasteiger partial charge is 0.359 e. The van der Waals surface area contributed by atoms with Crippen LogP contribution < -0.4 is 0 Å². The maximum Gasteiger partial charge on any atom is 0.359 e. The molecule has 7 nitrogen and oxygen atoms in total. The van der Waals surface area contributed by atoms with Gasteiger partial charge in [0, 0.05) is 6.42 Å². The van der Waals surface area contributed by atoms with Crippen LogP contribution in [0.15, 0.2) is 4.99 Å². The van der Waals surface area contributed by atoms with E-state index in [1.165, 1.54) is 38.5 Å². The molecule has 1 rings (SSSR count). The number of quaternary nitrogens is 2. The molecule has 1 unspecified atom stereocenters. The number of aliphatic carboxylic acids is 2. The molecule has 0 aromatic heterocycles. The summed E-state index contributed by atoms with van der Waals surface area (Å²) in [7, 11) is 7.53. The minimum atomic E-state index is -0.752. The van der Waals surface area contributed by atoms with Gasteiger partial charge in [-0.2, -0.15) is 0 Å². The van der Waals surface area contributed by atoms with E-state index in [-0.39, 0.29) is 13.1 Å². The van der Waals surface area contributed by atoms with Gasteiger partial charge >= 0.3 is 11.9 Å². The first-order valence-electron chi connectivity index (χ1n) is 10.1. The Bertz CT molecular complexity index is 486. The molecule has 0 bridgehead atoms. The Hall–Kier alpha value is -1.47. The molecule has 1 atom stereocenters. The predicted molar refractivity (Wildman–Crippen MR) is 109 cm³/mol. The van der Waals surface area contributed by atoms with Crippen molar-refractivity contribution in [1.82, 2.24) is 0 Å². The second kappa shape index (κ2) is 12.8. The number of carboxylic acids is 2. The van der Waals surface area contributed by atoms with E-state index >= 15 is 0 Å². The number of unbranched alkanes of at least 4 members (excludes halogenated alkanes) is 6. The summed E-state index contributed by atoms with van der Waals surface area (Å²) < 4.78 is 1.00. The summed E-state index contributed by atoms with van der Waals surface area (Å²) in [4.78, 5) is 25.4. The zero-order chi connectivity index (χ0) is 20.9. The minimum Gasteiger partial charge on any atom is -0.477 e. The van der Waals surface area contributed by atoms with Crippen LogP contribution >= 0.6 is 0 Å². The lowest BCUT2D eigenvalue weighted by atomic mass is 10.1. The maximum absolute atomic E-state index is 10.9. The third kappa shape index (κ3) is 13.4. The molecule has 158 valence electrons. The van der Waals surface area contributed by atoms with Crippen LogP contribution in [0.3, 0.4) is 0 Å². The van der Waals surface area contributed by atoms with E-state index in [4.69, 9.17) is 10.2 Å². The van der Waals surface area contributed by atoms with Gasteiger partial charge in [0.15, 0.2) is 18.9 Å². The molecular formula is C20H41N3O4+2. The molecule has 0 amide bonds. The molecule has 0 saturated carbocycles. The standard InChI is InChI=1S/C15H28N2O2.C5H11NO2/c1-3-4-5-6-7-8-9-10-14-16-11-12-17(14,2)13-15(18)19;1-6(2,3)4-5(7)8/h3-13H2,1-2H3;4H2,1-3H3/p+2. The first-order valence-corrected chi connectivity index (χ1v) is 10.1. The van der Waals surface area contributed by atoms with Crippen molar-refractivity contribution in [3.8, 4) is 0 Å². The summed E-state index contributed by atoms with van der Waals surface area (Å²) in [5.41, 5.74) is 0. The van der Waals surface area contributed by atoms with E-state index in [0.29, 0.717) is 8.97 Å². The molecule has 7 heteroatoms. The van der Waals surface area contributed by atoms with Gasteiger partial charge in [-0.25, -0.2) is 14.6 Å². The molecular weight excluding hydrogens is 346 g/mol. The van der Waals surface area contributed by atoms with Crippen LogP contribution in [0.25, 0.3) is 0 Å². The third-order valence-electron chi connectivity index (χ3n) is 4.61. The van der Waals surface area contributed by atoms with E-state index in [0.717, 1.165) is 31.8 Å². The third-order valence-corrected chi connectivity index (χ3v) is 4.61. The number of carboxylic acid groups (broad SMARTS) is 2. The lowest BCUT2D eigenvalue weighted by Gasteiger charge is -2.28. The van der Waals surface area contributed by atoms with Gasteiger partial charge in [0.2, 0.25) is 0 Å². The molecule has 1 aliphatic heterocycles. The average molecular weight is 388 g/mol. The fourth-order valence-electron chi connectivity index (χ4n) is 3.16. The number of hydrogen-bond acceptors (Lipinski definition) is 3. The zero-order valence-electron chi connectivity index (χ0n) is 18.0. The Morgan fingerprint density at radius 2 is 1.56 bits per heavy atom. The van der Waals surface area contributed by atoms with Crippen molar-refractivity contribution in [2.24, 2.45) is 4.99 Å². The minimum absolute atomic E-state index is 0.176. The highest BCUT2D eigenvalue weighted by atomic mass is 16.4.